The number of likely N-dealkylation sites (N-methyl/N-ethyl adjacent to an activating group) is 1. The van der Waals surface area contributed by atoms with E-state index < -0.39 is 5.54 Å². The maximum Gasteiger partial charge on any atom is 0.321 e. The van der Waals surface area contributed by atoms with E-state index in [9.17, 15) is 4.79 Å². The van der Waals surface area contributed by atoms with Crippen molar-refractivity contribution < 1.29 is 19.0 Å². The molecule has 30 heavy (non-hydrogen) atoms. The second-order valence-corrected chi connectivity index (χ2v) is 7.60. The van der Waals surface area contributed by atoms with Crippen LogP contribution in [0.1, 0.15) is 12.2 Å². The third kappa shape index (κ3) is 3.77. The number of aromatic nitrogens is 4. The Bertz CT molecular complexity index is 903. The minimum absolute atomic E-state index is 0.175. The molecule has 3 heterocycles. The molecule has 11 heteroatoms. The van der Waals surface area contributed by atoms with Gasteiger partial charge in [-0.05, 0) is 43.1 Å². The fraction of sp³-hybridized carbons (Fsp3) is 0.579. The Morgan fingerprint density at radius 2 is 2.10 bits per heavy atom. The molecule has 1 N–H and O–H groups in total. The van der Waals surface area contributed by atoms with E-state index >= 15 is 0 Å². The van der Waals surface area contributed by atoms with Crippen LogP contribution in [-0.2, 0) is 16.8 Å². The minimum Gasteiger partial charge on any atom is -0.486 e. The van der Waals surface area contributed by atoms with Gasteiger partial charge in [0.25, 0.3) is 0 Å². The van der Waals surface area contributed by atoms with Gasteiger partial charge in [-0.2, -0.15) is 0 Å². The third-order valence-electron chi connectivity index (χ3n) is 5.64. The number of nitrogens with zero attached hydrogens (tertiary/aromatic N) is 6. The molecule has 1 atom stereocenters. The van der Waals surface area contributed by atoms with Gasteiger partial charge in [0.1, 0.15) is 18.8 Å². The predicted octanol–water partition coefficient (Wildman–Crippen LogP) is 0.785. The largest absolute Gasteiger partial charge is 0.486 e. The van der Waals surface area contributed by atoms with Crippen LogP contribution in [0.2, 0.25) is 0 Å². The maximum absolute atomic E-state index is 13.0. The summed E-state index contributed by atoms with van der Waals surface area (Å²) >= 11 is 0. The Balaban J connectivity index is 1.49. The van der Waals surface area contributed by atoms with E-state index in [2.05, 4.69) is 25.7 Å². The Morgan fingerprint density at radius 1 is 1.30 bits per heavy atom. The summed E-state index contributed by atoms with van der Waals surface area (Å²) in [4.78, 5) is 16.8. The Kier molecular flexibility index (Phi) is 5.73. The molecule has 2 aliphatic rings. The van der Waals surface area contributed by atoms with Gasteiger partial charge in [0.15, 0.2) is 17.3 Å². The number of likely N-dealkylation sites (tertiary alicyclic amines) is 1. The van der Waals surface area contributed by atoms with Crippen molar-refractivity contribution in [3.8, 4) is 11.5 Å². The zero-order chi connectivity index (χ0) is 21.1. The van der Waals surface area contributed by atoms with Gasteiger partial charge in [-0.1, -0.05) is 0 Å². The van der Waals surface area contributed by atoms with Gasteiger partial charge in [0.2, 0.25) is 0 Å². The molecule has 4 rings (SSSR count). The van der Waals surface area contributed by atoms with E-state index in [0.717, 1.165) is 12.2 Å². The second kappa shape index (κ2) is 8.44. The molecule has 1 unspecified atom stereocenters. The smallest absolute Gasteiger partial charge is 0.321 e. The van der Waals surface area contributed by atoms with Crippen LogP contribution in [0, 0.1) is 0 Å². The number of rotatable bonds is 6. The van der Waals surface area contributed by atoms with E-state index in [1.165, 1.54) is 0 Å². The number of tetrazole rings is 1. The number of ether oxygens (including phenoxy) is 3. The van der Waals surface area contributed by atoms with Crippen molar-refractivity contribution in [1.29, 1.82) is 0 Å². The number of carbonyl (C=O) groups is 1. The van der Waals surface area contributed by atoms with Gasteiger partial charge in [0, 0.05) is 32.0 Å². The molecular formula is C19H27N7O4. The van der Waals surface area contributed by atoms with Crippen molar-refractivity contribution in [1.82, 2.24) is 30.0 Å². The monoisotopic (exact) mass is 417 g/mol. The van der Waals surface area contributed by atoms with Gasteiger partial charge in [-0.25, -0.2) is 9.48 Å². The summed E-state index contributed by atoms with van der Waals surface area (Å²) in [5.74, 6) is 2.06. The lowest BCUT2D eigenvalue weighted by Gasteiger charge is -2.34. The fourth-order valence-corrected chi connectivity index (χ4v) is 3.90. The van der Waals surface area contributed by atoms with Crippen molar-refractivity contribution in [2.75, 3.05) is 59.4 Å². The number of hydrogen-bond acceptors (Lipinski definition) is 8. The standard InChI is InChI=1S/C19H27N7O4/c1-24(2)19(17-21-22-23-26(17)8-9-28-3)6-7-25(13-19)18(27)20-14-4-5-15-16(12-14)30-11-10-29-15/h4-5,12H,6-11,13H2,1-3H3,(H,20,27). The van der Waals surface area contributed by atoms with E-state index in [4.69, 9.17) is 14.2 Å². The number of urea groups is 1. The van der Waals surface area contributed by atoms with E-state index in [1.807, 2.05) is 26.2 Å². The van der Waals surface area contributed by atoms with Crippen LogP contribution in [0.5, 0.6) is 11.5 Å². The van der Waals surface area contributed by atoms with Crippen LogP contribution in [0.3, 0.4) is 0 Å². The predicted molar refractivity (Wildman–Crippen MR) is 108 cm³/mol. The van der Waals surface area contributed by atoms with Gasteiger partial charge in [-0.3, -0.25) is 4.90 Å². The van der Waals surface area contributed by atoms with Crippen molar-refractivity contribution in [3.05, 3.63) is 24.0 Å². The molecular weight excluding hydrogens is 390 g/mol. The first-order chi connectivity index (χ1) is 14.5. The van der Waals surface area contributed by atoms with Crippen LogP contribution in [0.4, 0.5) is 10.5 Å². The molecule has 1 aromatic carbocycles. The molecule has 1 aromatic heterocycles. The number of amides is 2. The highest BCUT2D eigenvalue weighted by atomic mass is 16.6. The van der Waals surface area contributed by atoms with Crippen molar-refractivity contribution in [2.45, 2.75) is 18.5 Å². The van der Waals surface area contributed by atoms with E-state index in [-0.39, 0.29) is 6.03 Å². The Labute approximate surface area is 174 Å². The molecule has 11 nitrogen and oxygen atoms in total. The summed E-state index contributed by atoms with van der Waals surface area (Å²) in [6.45, 7) is 3.16. The second-order valence-electron chi connectivity index (χ2n) is 7.60. The summed E-state index contributed by atoms with van der Waals surface area (Å²) < 4.78 is 18.1. The topological polar surface area (TPSA) is 107 Å². The number of methoxy groups -OCH3 is 1. The molecule has 2 aromatic rings. The molecule has 2 aliphatic heterocycles. The van der Waals surface area contributed by atoms with Crippen LogP contribution in [0.15, 0.2) is 18.2 Å². The highest BCUT2D eigenvalue weighted by Gasteiger charge is 2.47. The summed E-state index contributed by atoms with van der Waals surface area (Å²) in [5, 5.41) is 15.2. The third-order valence-corrected chi connectivity index (χ3v) is 5.64. The van der Waals surface area contributed by atoms with E-state index in [1.54, 1.807) is 22.8 Å². The minimum atomic E-state index is -0.471. The van der Waals surface area contributed by atoms with Gasteiger partial charge >= 0.3 is 6.03 Å². The molecule has 162 valence electrons. The fourth-order valence-electron chi connectivity index (χ4n) is 3.90. The first-order valence-corrected chi connectivity index (χ1v) is 9.92. The van der Waals surface area contributed by atoms with Crippen molar-refractivity contribution in [2.24, 2.45) is 0 Å². The molecule has 1 fully saturated rings. The highest BCUT2D eigenvalue weighted by molar-refractivity contribution is 5.90. The lowest BCUT2D eigenvalue weighted by atomic mass is 9.96. The number of anilines is 1. The van der Waals surface area contributed by atoms with Crippen LogP contribution in [0.25, 0.3) is 0 Å². The Hall–Kier alpha value is -2.92. The summed E-state index contributed by atoms with van der Waals surface area (Å²) in [6, 6.07) is 5.23. The summed E-state index contributed by atoms with van der Waals surface area (Å²) in [6.07, 6.45) is 0.724. The van der Waals surface area contributed by atoms with Gasteiger partial charge in [-0.15, -0.1) is 5.10 Å². The first-order valence-electron chi connectivity index (χ1n) is 9.92. The number of hydrogen-bond donors (Lipinski definition) is 1. The van der Waals surface area contributed by atoms with E-state index in [0.29, 0.717) is 56.6 Å². The molecule has 0 bridgehead atoms. The average molecular weight is 417 g/mol. The molecule has 2 amide bonds. The molecule has 1 saturated heterocycles. The Morgan fingerprint density at radius 3 is 2.87 bits per heavy atom. The summed E-state index contributed by atoms with van der Waals surface area (Å²) in [5.41, 5.74) is 0.193. The number of benzene rings is 1. The molecule has 0 aliphatic carbocycles. The summed E-state index contributed by atoms with van der Waals surface area (Å²) in [7, 11) is 5.61. The number of carbonyl (C=O) groups excluding carboxylic acids is 1. The molecule has 0 radical (unpaired) electrons. The molecule has 0 saturated carbocycles. The lowest BCUT2D eigenvalue weighted by molar-refractivity contribution is 0.132. The SMILES string of the molecule is COCCn1nnnc1C1(N(C)C)CCN(C(=O)Nc2ccc3c(c2)OCCO3)C1. The number of fused-ring (bicyclic) bond motifs is 1. The van der Waals surface area contributed by atoms with Crippen LogP contribution < -0.4 is 14.8 Å². The highest BCUT2D eigenvalue weighted by Crippen LogP contribution is 2.36. The van der Waals surface area contributed by atoms with Crippen molar-refractivity contribution >= 4 is 11.7 Å². The maximum atomic E-state index is 13.0. The normalized spacial score (nSPS) is 20.6. The van der Waals surface area contributed by atoms with Gasteiger partial charge < -0.3 is 24.4 Å². The van der Waals surface area contributed by atoms with Crippen LogP contribution >= 0.6 is 0 Å². The molecule has 0 spiro atoms. The quantitative estimate of drug-likeness (QED) is 0.735. The van der Waals surface area contributed by atoms with Crippen LogP contribution in [-0.4, -0.2) is 90.2 Å². The van der Waals surface area contributed by atoms with Crippen molar-refractivity contribution in [3.63, 3.8) is 0 Å². The zero-order valence-corrected chi connectivity index (χ0v) is 17.5. The first kappa shape index (κ1) is 20.4. The average Bonchev–Trinajstić information content (AvgIpc) is 3.40. The van der Waals surface area contributed by atoms with Gasteiger partial charge in [0.05, 0.1) is 13.2 Å². The number of nitrogens with one attached hydrogen (secondary N) is 1. The lowest BCUT2D eigenvalue weighted by Crippen LogP contribution is -2.47. The zero-order valence-electron chi connectivity index (χ0n) is 17.5.